The van der Waals surface area contributed by atoms with E-state index in [0.717, 1.165) is 0 Å². The fourth-order valence-electron chi connectivity index (χ4n) is 1.84. The van der Waals surface area contributed by atoms with Gasteiger partial charge in [0, 0.05) is 5.56 Å². The maximum absolute atomic E-state index is 12.6. The van der Waals surface area contributed by atoms with E-state index >= 15 is 0 Å². The molecule has 0 aromatic heterocycles. The third kappa shape index (κ3) is 4.82. The molecule has 23 heavy (non-hydrogen) atoms. The Morgan fingerprint density at radius 3 is 2.70 bits per heavy atom. The van der Waals surface area contributed by atoms with Gasteiger partial charge in [0.2, 0.25) is 0 Å². The SMILES string of the molecule is CCOc1cccc(/C=N\Nc2ccccc2Cl)c1OC(F)F. The molecule has 0 radical (unpaired) electrons. The average Bonchev–Trinajstić information content (AvgIpc) is 2.52. The zero-order valence-corrected chi connectivity index (χ0v) is 13.1. The number of benzene rings is 2. The molecule has 0 aliphatic rings. The van der Waals surface area contributed by atoms with Crippen molar-refractivity contribution in [2.45, 2.75) is 13.5 Å². The molecule has 0 fully saturated rings. The van der Waals surface area contributed by atoms with Crippen molar-refractivity contribution in [2.24, 2.45) is 5.10 Å². The summed E-state index contributed by atoms with van der Waals surface area (Å²) >= 11 is 5.99. The number of alkyl halides is 2. The monoisotopic (exact) mass is 340 g/mol. The molecule has 0 spiro atoms. The van der Waals surface area contributed by atoms with Gasteiger partial charge in [-0.2, -0.15) is 13.9 Å². The van der Waals surface area contributed by atoms with Crippen molar-refractivity contribution in [1.29, 1.82) is 0 Å². The number of ether oxygens (including phenoxy) is 2. The van der Waals surface area contributed by atoms with Crippen molar-refractivity contribution in [1.82, 2.24) is 0 Å². The third-order valence-corrected chi connectivity index (χ3v) is 3.11. The normalized spacial score (nSPS) is 11.0. The number of rotatable bonds is 7. The summed E-state index contributed by atoms with van der Waals surface area (Å²) in [6, 6.07) is 11.9. The Hall–Kier alpha value is -2.34. The highest BCUT2D eigenvalue weighted by atomic mass is 35.5. The van der Waals surface area contributed by atoms with Gasteiger partial charge in [0.25, 0.3) is 0 Å². The lowest BCUT2D eigenvalue weighted by Gasteiger charge is -2.13. The smallest absolute Gasteiger partial charge is 0.387 e. The van der Waals surface area contributed by atoms with Crippen LogP contribution >= 0.6 is 11.6 Å². The number of anilines is 1. The number of hydrazone groups is 1. The summed E-state index contributed by atoms with van der Waals surface area (Å²) in [5, 5.41) is 4.50. The maximum atomic E-state index is 12.6. The molecule has 1 N–H and O–H groups in total. The van der Waals surface area contributed by atoms with Crippen LogP contribution in [0.15, 0.2) is 47.6 Å². The fraction of sp³-hybridized carbons (Fsp3) is 0.188. The van der Waals surface area contributed by atoms with Gasteiger partial charge in [-0.05, 0) is 31.2 Å². The highest BCUT2D eigenvalue weighted by Crippen LogP contribution is 2.32. The highest BCUT2D eigenvalue weighted by Gasteiger charge is 2.14. The fourth-order valence-corrected chi connectivity index (χ4v) is 2.02. The van der Waals surface area contributed by atoms with Gasteiger partial charge in [0.15, 0.2) is 11.5 Å². The summed E-state index contributed by atoms with van der Waals surface area (Å²) in [4.78, 5) is 0. The number of nitrogens with zero attached hydrogens (tertiary/aromatic N) is 1. The van der Waals surface area contributed by atoms with Crippen LogP contribution in [-0.4, -0.2) is 19.4 Å². The average molecular weight is 341 g/mol. The van der Waals surface area contributed by atoms with E-state index in [-0.39, 0.29) is 11.5 Å². The Kier molecular flexibility index (Phi) is 6.17. The van der Waals surface area contributed by atoms with Gasteiger partial charge >= 0.3 is 6.61 Å². The zero-order valence-electron chi connectivity index (χ0n) is 12.3. The number of hydrogen-bond donors (Lipinski definition) is 1. The number of halogens is 3. The van der Waals surface area contributed by atoms with Crippen LogP contribution in [0.3, 0.4) is 0 Å². The van der Waals surface area contributed by atoms with Crippen molar-refractivity contribution < 1.29 is 18.3 Å². The molecule has 0 aliphatic carbocycles. The van der Waals surface area contributed by atoms with Crippen molar-refractivity contribution in [3.8, 4) is 11.5 Å². The molecule has 2 rings (SSSR count). The number of nitrogens with one attached hydrogen (secondary N) is 1. The molecular formula is C16H15ClF2N2O2. The second kappa shape index (κ2) is 8.33. The minimum Gasteiger partial charge on any atom is -0.490 e. The van der Waals surface area contributed by atoms with Gasteiger partial charge in [-0.1, -0.05) is 29.8 Å². The van der Waals surface area contributed by atoms with Crippen molar-refractivity contribution >= 4 is 23.5 Å². The molecule has 0 aliphatic heterocycles. The predicted octanol–water partition coefficient (Wildman–Crippen LogP) is 4.79. The summed E-state index contributed by atoms with van der Waals surface area (Å²) in [6.45, 7) is -0.871. The van der Waals surface area contributed by atoms with Gasteiger partial charge in [0.05, 0.1) is 23.5 Å². The lowest BCUT2D eigenvalue weighted by molar-refractivity contribution is -0.0515. The first-order chi connectivity index (χ1) is 11.1. The van der Waals surface area contributed by atoms with E-state index < -0.39 is 6.61 Å². The van der Waals surface area contributed by atoms with Crippen molar-refractivity contribution in [3.63, 3.8) is 0 Å². The molecule has 2 aromatic rings. The Balaban J connectivity index is 2.22. The summed E-state index contributed by atoms with van der Waals surface area (Å²) in [5.74, 6) is 0.170. The van der Waals surface area contributed by atoms with E-state index in [9.17, 15) is 8.78 Å². The topological polar surface area (TPSA) is 42.8 Å². The second-order valence-corrected chi connectivity index (χ2v) is 4.74. The second-order valence-electron chi connectivity index (χ2n) is 4.34. The van der Waals surface area contributed by atoms with Crippen LogP contribution in [0, 0.1) is 0 Å². The van der Waals surface area contributed by atoms with E-state index in [1.807, 2.05) is 0 Å². The molecule has 7 heteroatoms. The summed E-state index contributed by atoms with van der Waals surface area (Å²) < 4.78 is 35.1. The van der Waals surface area contributed by atoms with Crippen LogP contribution in [0.2, 0.25) is 5.02 Å². The minimum absolute atomic E-state index is 0.0611. The van der Waals surface area contributed by atoms with E-state index in [1.54, 1.807) is 49.4 Å². The van der Waals surface area contributed by atoms with E-state index in [0.29, 0.717) is 22.9 Å². The van der Waals surface area contributed by atoms with Crippen LogP contribution in [0.5, 0.6) is 11.5 Å². The molecular weight excluding hydrogens is 326 g/mol. The number of para-hydroxylation sites is 2. The van der Waals surface area contributed by atoms with Gasteiger partial charge in [-0.25, -0.2) is 0 Å². The third-order valence-electron chi connectivity index (χ3n) is 2.78. The number of hydrogen-bond acceptors (Lipinski definition) is 4. The largest absolute Gasteiger partial charge is 0.490 e. The lowest BCUT2D eigenvalue weighted by atomic mass is 10.2. The molecule has 0 saturated heterocycles. The van der Waals surface area contributed by atoms with Gasteiger partial charge < -0.3 is 9.47 Å². The standard InChI is InChI=1S/C16H15ClF2N2O2/c1-2-22-14-9-5-6-11(15(14)23-16(18)19)10-20-21-13-8-4-3-7-12(13)17/h3-10,16,21H,2H2,1H3/b20-10-. The van der Waals surface area contributed by atoms with Gasteiger partial charge in [0.1, 0.15) is 0 Å². The molecule has 122 valence electrons. The Bertz CT molecular complexity index is 681. The van der Waals surface area contributed by atoms with Crippen LogP contribution < -0.4 is 14.9 Å². The molecule has 0 atom stereocenters. The summed E-state index contributed by atoms with van der Waals surface area (Å²) in [5.41, 5.74) is 3.70. The van der Waals surface area contributed by atoms with Crippen molar-refractivity contribution in [3.05, 3.63) is 53.1 Å². The Labute approximate surface area is 137 Å². The van der Waals surface area contributed by atoms with Gasteiger partial charge in [-0.3, -0.25) is 5.43 Å². The summed E-state index contributed by atoms with van der Waals surface area (Å²) in [7, 11) is 0. The van der Waals surface area contributed by atoms with Crippen LogP contribution in [0.1, 0.15) is 12.5 Å². The quantitative estimate of drug-likeness (QED) is 0.582. The molecule has 0 heterocycles. The van der Waals surface area contributed by atoms with E-state index in [2.05, 4.69) is 15.3 Å². The van der Waals surface area contributed by atoms with Crippen LogP contribution in [0.25, 0.3) is 0 Å². The lowest BCUT2D eigenvalue weighted by Crippen LogP contribution is -2.07. The van der Waals surface area contributed by atoms with Crippen LogP contribution in [-0.2, 0) is 0 Å². The van der Waals surface area contributed by atoms with E-state index in [1.165, 1.54) is 6.21 Å². The first-order valence-corrected chi connectivity index (χ1v) is 7.23. The maximum Gasteiger partial charge on any atom is 0.387 e. The van der Waals surface area contributed by atoms with Crippen LogP contribution in [0.4, 0.5) is 14.5 Å². The molecule has 2 aromatic carbocycles. The van der Waals surface area contributed by atoms with Crippen molar-refractivity contribution in [2.75, 3.05) is 12.0 Å². The zero-order chi connectivity index (χ0) is 16.7. The first-order valence-electron chi connectivity index (χ1n) is 6.86. The molecule has 0 bridgehead atoms. The molecule has 0 saturated carbocycles. The highest BCUT2D eigenvalue weighted by molar-refractivity contribution is 6.33. The summed E-state index contributed by atoms with van der Waals surface area (Å²) in [6.07, 6.45) is 1.36. The van der Waals surface area contributed by atoms with Gasteiger partial charge in [-0.15, -0.1) is 0 Å². The minimum atomic E-state index is -2.96. The Morgan fingerprint density at radius 2 is 2.00 bits per heavy atom. The molecule has 0 unspecified atom stereocenters. The predicted molar refractivity (Wildman–Crippen MR) is 86.9 cm³/mol. The molecule has 4 nitrogen and oxygen atoms in total. The van der Waals surface area contributed by atoms with E-state index in [4.69, 9.17) is 16.3 Å². The molecule has 0 amide bonds. The Morgan fingerprint density at radius 1 is 1.22 bits per heavy atom. The first kappa shape index (κ1) is 17.0.